The summed E-state index contributed by atoms with van der Waals surface area (Å²) in [5.41, 5.74) is 6.65. The Balaban J connectivity index is 1.62. The fourth-order valence-corrected chi connectivity index (χ4v) is 2.56. The van der Waals surface area contributed by atoms with Crippen LogP contribution in [0.3, 0.4) is 0 Å². The molecule has 0 aliphatic carbocycles. The first-order valence-electron chi connectivity index (χ1n) is 7.03. The van der Waals surface area contributed by atoms with Gasteiger partial charge in [0.15, 0.2) is 0 Å². The summed E-state index contributed by atoms with van der Waals surface area (Å²) in [7, 11) is 0. The molecule has 0 aromatic carbocycles. The molecule has 2 aromatic heterocycles. The molecule has 0 atom stereocenters. The third-order valence-electron chi connectivity index (χ3n) is 3.68. The summed E-state index contributed by atoms with van der Waals surface area (Å²) in [4.78, 5) is 13.4. The molecule has 2 N–H and O–H groups in total. The first-order valence-corrected chi connectivity index (χ1v) is 7.40. The van der Waals surface area contributed by atoms with E-state index in [0.717, 1.165) is 43.4 Å². The van der Waals surface area contributed by atoms with Crippen molar-refractivity contribution in [2.24, 2.45) is 5.73 Å². The van der Waals surface area contributed by atoms with Crippen LogP contribution in [0.25, 0.3) is 0 Å². The lowest BCUT2D eigenvalue weighted by molar-refractivity contribution is 0.641. The predicted molar refractivity (Wildman–Crippen MR) is 85.8 cm³/mol. The number of anilines is 2. The number of nitrogens with two attached hydrogens (primary N) is 1. The fraction of sp³-hybridized carbons (Fsp3) is 0.333. The zero-order valence-corrected chi connectivity index (χ0v) is 12.5. The zero-order valence-electron chi connectivity index (χ0n) is 11.7. The van der Waals surface area contributed by atoms with Gasteiger partial charge in [-0.3, -0.25) is 0 Å². The average Bonchev–Trinajstić information content (AvgIpc) is 2.56. The molecule has 110 valence electrons. The minimum absolute atomic E-state index is 0.531. The Hall–Kier alpha value is -1.85. The highest BCUT2D eigenvalue weighted by molar-refractivity contribution is 6.30. The van der Waals surface area contributed by atoms with Crippen LogP contribution < -0.4 is 15.5 Å². The van der Waals surface area contributed by atoms with E-state index in [1.54, 1.807) is 6.20 Å². The summed E-state index contributed by atoms with van der Waals surface area (Å²) in [6, 6.07) is 7.92. The SMILES string of the molecule is NCc1ccc(N2CCN(c3ccc(Cl)cn3)CC2)nc1. The van der Waals surface area contributed by atoms with Gasteiger partial charge < -0.3 is 15.5 Å². The van der Waals surface area contributed by atoms with Crippen LogP contribution in [0.5, 0.6) is 0 Å². The molecule has 6 heteroatoms. The van der Waals surface area contributed by atoms with Gasteiger partial charge in [-0.15, -0.1) is 0 Å². The van der Waals surface area contributed by atoms with Crippen LogP contribution in [-0.2, 0) is 6.54 Å². The van der Waals surface area contributed by atoms with E-state index in [4.69, 9.17) is 17.3 Å². The predicted octanol–water partition coefficient (Wildman–Crippen LogP) is 1.92. The highest BCUT2D eigenvalue weighted by Crippen LogP contribution is 2.19. The lowest BCUT2D eigenvalue weighted by atomic mass is 10.2. The van der Waals surface area contributed by atoms with Gasteiger partial charge in [-0.1, -0.05) is 17.7 Å². The molecule has 1 aliphatic rings. The second kappa shape index (κ2) is 6.28. The number of rotatable bonds is 3. The van der Waals surface area contributed by atoms with Crippen LogP contribution >= 0.6 is 11.6 Å². The Morgan fingerprint density at radius 1 is 0.905 bits per heavy atom. The molecule has 1 aliphatic heterocycles. The Kier molecular flexibility index (Phi) is 4.22. The molecule has 0 saturated carbocycles. The molecule has 0 amide bonds. The molecule has 3 rings (SSSR count). The van der Waals surface area contributed by atoms with Gasteiger partial charge in [0.05, 0.1) is 5.02 Å². The number of hydrogen-bond donors (Lipinski definition) is 1. The molecule has 0 radical (unpaired) electrons. The monoisotopic (exact) mass is 303 g/mol. The highest BCUT2D eigenvalue weighted by atomic mass is 35.5. The van der Waals surface area contributed by atoms with E-state index < -0.39 is 0 Å². The molecular formula is C15H18ClN5. The van der Waals surface area contributed by atoms with Crippen LogP contribution in [0, 0.1) is 0 Å². The van der Waals surface area contributed by atoms with Gasteiger partial charge in [0.2, 0.25) is 0 Å². The van der Waals surface area contributed by atoms with Crippen molar-refractivity contribution in [3.05, 3.63) is 47.2 Å². The molecule has 21 heavy (non-hydrogen) atoms. The molecular weight excluding hydrogens is 286 g/mol. The van der Waals surface area contributed by atoms with Crippen molar-refractivity contribution in [1.82, 2.24) is 9.97 Å². The van der Waals surface area contributed by atoms with Gasteiger partial charge in [0.25, 0.3) is 0 Å². The fourth-order valence-electron chi connectivity index (χ4n) is 2.44. The number of halogens is 1. The maximum absolute atomic E-state index is 5.87. The van der Waals surface area contributed by atoms with Crippen molar-refractivity contribution in [3.63, 3.8) is 0 Å². The van der Waals surface area contributed by atoms with Crippen molar-refractivity contribution < 1.29 is 0 Å². The van der Waals surface area contributed by atoms with E-state index in [0.29, 0.717) is 11.6 Å². The Bertz CT molecular complexity index is 576. The highest BCUT2D eigenvalue weighted by Gasteiger charge is 2.18. The lowest BCUT2D eigenvalue weighted by Gasteiger charge is -2.36. The summed E-state index contributed by atoms with van der Waals surface area (Å²) in [5, 5.41) is 0.668. The molecule has 0 spiro atoms. The van der Waals surface area contributed by atoms with E-state index in [1.165, 1.54) is 0 Å². The lowest BCUT2D eigenvalue weighted by Crippen LogP contribution is -2.47. The number of pyridine rings is 2. The van der Waals surface area contributed by atoms with Gasteiger partial charge in [-0.25, -0.2) is 9.97 Å². The molecule has 5 nitrogen and oxygen atoms in total. The first kappa shape index (κ1) is 14.1. The van der Waals surface area contributed by atoms with E-state index in [-0.39, 0.29) is 0 Å². The maximum atomic E-state index is 5.87. The Labute approximate surface area is 129 Å². The maximum Gasteiger partial charge on any atom is 0.128 e. The Morgan fingerprint density at radius 3 is 1.90 bits per heavy atom. The van der Waals surface area contributed by atoms with Crippen molar-refractivity contribution in [2.45, 2.75) is 6.54 Å². The Morgan fingerprint density at radius 2 is 1.48 bits per heavy atom. The van der Waals surface area contributed by atoms with Crippen molar-refractivity contribution in [2.75, 3.05) is 36.0 Å². The van der Waals surface area contributed by atoms with Crippen LogP contribution in [0.2, 0.25) is 5.02 Å². The van der Waals surface area contributed by atoms with Crippen molar-refractivity contribution >= 4 is 23.2 Å². The third-order valence-corrected chi connectivity index (χ3v) is 3.91. The smallest absolute Gasteiger partial charge is 0.128 e. The van der Waals surface area contributed by atoms with Gasteiger partial charge >= 0.3 is 0 Å². The average molecular weight is 304 g/mol. The molecule has 1 fully saturated rings. The van der Waals surface area contributed by atoms with Gasteiger partial charge in [-0.05, 0) is 23.8 Å². The summed E-state index contributed by atoms with van der Waals surface area (Å²) in [5.74, 6) is 1.99. The summed E-state index contributed by atoms with van der Waals surface area (Å²) in [6.45, 7) is 4.24. The number of aromatic nitrogens is 2. The standard InChI is InChI=1S/C15H18ClN5/c16-13-2-4-15(19-11-13)21-7-5-20(6-8-21)14-3-1-12(9-17)10-18-14/h1-4,10-11H,5-9,17H2. The second-order valence-corrected chi connectivity index (χ2v) is 5.47. The molecule has 3 heterocycles. The van der Waals surface area contributed by atoms with Gasteiger partial charge in [0, 0.05) is 45.1 Å². The third kappa shape index (κ3) is 3.25. The van der Waals surface area contributed by atoms with Crippen molar-refractivity contribution in [3.8, 4) is 0 Å². The quantitative estimate of drug-likeness (QED) is 0.939. The summed E-state index contributed by atoms with van der Waals surface area (Å²) >= 11 is 5.87. The van der Waals surface area contributed by atoms with Crippen LogP contribution in [0.1, 0.15) is 5.56 Å². The van der Waals surface area contributed by atoms with Crippen LogP contribution in [0.15, 0.2) is 36.7 Å². The molecule has 1 saturated heterocycles. The van der Waals surface area contributed by atoms with Crippen molar-refractivity contribution in [1.29, 1.82) is 0 Å². The van der Waals surface area contributed by atoms with E-state index >= 15 is 0 Å². The number of nitrogens with zero attached hydrogens (tertiary/aromatic N) is 4. The zero-order chi connectivity index (χ0) is 14.7. The second-order valence-electron chi connectivity index (χ2n) is 5.04. The van der Waals surface area contributed by atoms with Crippen LogP contribution in [0.4, 0.5) is 11.6 Å². The van der Waals surface area contributed by atoms with Crippen LogP contribution in [-0.4, -0.2) is 36.1 Å². The molecule has 0 unspecified atom stereocenters. The van der Waals surface area contributed by atoms with E-state index in [9.17, 15) is 0 Å². The van der Waals surface area contributed by atoms with Gasteiger partial charge in [-0.2, -0.15) is 0 Å². The minimum atomic E-state index is 0.531. The molecule has 2 aromatic rings. The normalized spacial score (nSPS) is 15.3. The summed E-state index contributed by atoms with van der Waals surface area (Å²) in [6.07, 6.45) is 3.54. The van der Waals surface area contributed by atoms with Gasteiger partial charge in [0.1, 0.15) is 11.6 Å². The largest absolute Gasteiger partial charge is 0.353 e. The first-order chi connectivity index (χ1) is 10.3. The minimum Gasteiger partial charge on any atom is -0.353 e. The molecule has 0 bridgehead atoms. The van der Waals surface area contributed by atoms with E-state index in [2.05, 4.69) is 19.8 Å². The van der Waals surface area contributed by atoms with E-state index in [1.807, 2.05) is 30.5 Å². The topological polar surface area (TPSA) is 58.3 Å². The number of hydrogen-bond acceptors (Lipinski definition) is 5. The summed E-state index contributed by atoms with van der Waals surface area (Å²) < 4.78 is 0. The number of piperazine rings is 1.